The molecule has 86 heavy (non-hydrogen) atoms. The normalized spacial score (nSPS) is 14.3. The van der Waals surface area contributed by atoms with Gasteiger partial charge in [0, 0.05) is 78.0 Å². The van der Waals surface area contributed by atoms with Crippen molar-refractivity contribution >= 4 is 76.3 Å². The van der Waals surface area contributed by atoms with Crippen molar-refractivity contribution in [2.45, 2.75) is 171 Å². The lowest BCUT2D eigenvalue weighted by molar-refractivity contribution is -0.440. The third-order valence-corrected chi connectivity index (χ3v) is 21.4. The zero-order valence-corrected chi connectivity index (χ0v) is 51.4. The summed E-state index contributed by atoms with van der Waals surface area (Å²) in [5.41, 5.74) is 1.98. The fraction of sp³-hybridized carbons (Fsp3) is 0.538. The van der Waals surface area contributed by atoms with E-state index in [2.05, 4.69) is 64.7 Å². The van der Waals surface area contributed by atoms with Crippen LogP contribution in [0.1, 0.15) is 67.4 Å². The Morgan fingerprint density at radius 3 is 0.860 bits per heavy atom. The Bertz CT molecular complexity index is 3130. The highest BCUT2D eigenvalue weighted by Gasteiger charge is 2.92. The molecule has 6 rings (SSSR count). The summed E-state index contributed by atoms with van der Waals surface area (Å²) in [6.07, 6.45) is -25.4. The molecule has 0 N–H and O–H groups in total. The molecule has 6 heterocycles. The molecule has 0 saturated carbocycles. The third-order valence-electron chi connectivity index (χ3n) is 13.0. The van der Waals surface area contributed by atoms with Crippen LogP contribution in [-0.4, -0.2) is 86.5 Å². The highest BCUT2D eigenvalue weighted by atomic mass is 32.1. The third kappa shape index (κ3) is 13.9. The highest BCUT2D eigenvalue weighted by Crippen LogP contribution is 2.63. The first-order valence-corrected chi connectivity index (χ1v) is 33.1. The van der Waals surface area contributed by atoms with E-state index in [4.69, 9.17) is 4.43 Å². The first kappa shape index (κ1) is 73.3. The maximum atomic E-state index is 14.7. The van der Waals surface area contributed by atoms with Crippen molar-refractivity contribution in [2.75, 3.05) is 6.61 Å². The van der Waals surface area contributed by atoms with E-state index in [-0.39, 0.29) is 19.5 Å². The van der Waals surface area contributed by atoms with E-state index in [1.54, 1.807) is 0 Å². The molecule has 0 atom stereocenters. The number of aryl methyl sites for hydroxylation is 4. The van der Waals surface area contributed by atoms with Crippen LogP contribution in [0.15, 0.2) is 48.5 Å². The number of halogens is 26. The van der Waals surface area contributed by atoms with Crippen molar-refractivity contribution in [1.82, 2.24) is 0 Å². The van der Waals surface area contributed by atoms with Crippen molar-refractivity contribution in [3.05, 3.63) is 90.3 Å². The molecular weight excluding hydrogens is 1360 g/mol. The maximum Gasteiger partial charge on any atom is 0.460 e. The molecule has 0 aromatic carbocycles. The van der Waals surface area contributed by atoms with Crippen LogP contribution in [0, 0.1) is 34.6 Å². The molecule has 6 aromatic rings. The van der Waals surface area contributed by atoms with Crippen LogP contribution in [0.3, 0.4) is 0 Å². The number of alkyl halides is 26. The quantitative estimate of drug-likeness (QED) is 0.0433. The van der Waals surface area contributed by atoms with Gasteiger partial charge in [0.25, 0.3) is 0 Å². The van der Waals surface area contributed by atoms with Gasteiger partial charge in [-0.2, -0.15) is 114 Å². The minimum Gasteiger partial charge on any atom is -0.417 e. The molecule has 0 unspecified atom stereocenters. The van der Waals surface area contributed by atoms with E-state index in [9.17, 15) is 114 Å². The van der Waals surface area contributed by atoms with E-state index in [0.717, 1.165) is 35.7 Å². The molecule has 1 nitrogen and oxygen atoms in total. The predicted octanol–water partition coefficient (Wildman–Crippen LogP) is 23.5. The largest absolute Gasteiger partial charge is 0.460 e. The van der Waals surface area contributed by atoms with Crippen LogP contribution in [0.5, 0.6) is 0 Å². The van der Waals surface area contributed by atoms with Crippen molar-refractivity contribution in [1.29, 1.82) is 0 Å². The molecule has 0 saturated heterocycles. The fourth-order valence-corrected chi connectivity index (χ4v) is 15.8. The first-order chi connectivity index (χ1) is 38.7. The van der Waals surface area contributed by atoms with Crippen LogP contribution in [0.2, 0.25) is 19.6 Å². The molecule has 6 aromatic heterocycles. The summed E-state index contributed by atoms with van der Waals surface area (Å²) in [6.45, 7) is 17.2. The average Bonchev–Trinajstić information content (AvgIpc) is 1.17. The molecule has 484 valence electrons. The van der Waals surface area contributed by atoms with E-state index in [0.29, 0.717) is 21.1 Å². The second-order valence-corrected chi connectivity index (χ2v) is 32.3. The van der Waals surface area contributed by atoms with E-state index < -0.39 is 130 Å². The molecule has 0 radical (unpaired) electrons. The topological polar surface area (TPSA) is 9.23 Å². The van der Waals surface area contributed by atoms with Gasteiger partial charge in [0.1, 0.15) is 0 Å². The van der Waals surface area contributed by atoms with Gasteiger partial charge in [0.2, 0.25) is 0 Å². The predicted molar refractivity (Wildman–Crippen MR) is 286 cm³/mol. The number of thiophene rings is 6. The lowest BCUT2D eigenvalue weighted by Crippen LogP contribution is -2.70. The van der Waals surface area contributed by atoms with Gasteiger partial charge < -0.3 is 4.43 Å². The molecular formula is C52H48F26OS6Si. The lowest BCUT2D eigenvalue weighted by Gasteiger charge is -2.39. The van der Waals surface area contributed by atoms with Gasteiger partial charge in [-0.15, -0.1) is 68.0 Å². The molecule has 0 aliphatic carbocycles. The van der Waals surface area contributed by atoms with Gasteiger partial charge in [-0.3, -0.25) is 0 Å². The Kier molecular flexibility index (Phi) is 21.3. The summed E-state index contributed by atoms with van der Waals surface area (Å²) in [6, 6.07) is 14.3. The van der Waals surface area contributed by atoms with Crippen molar-refractivity contribution < 1.29 is 119 Å². The van der Waals surface area contributed by atoms with E-state index in [1.807, 2.05) is 34.0 Å². The molecule has 0 fully saturated rings. The summed E-state index contributed by atoms with van der Waals surface area (Å²) in [5, 5.41) is 0. The standard InChI is InChI=1S/C32H22F26S3.C20H26OS3Si/c1-13-7-9-17(59-13)19-15(5-3-11-21(33,34)23(37,38)25(41,42)27(45,46)29(49,50)31(53,54)55)16(20(61-19)18-10-8-14(2)60-18)6-4-12-22(35,36)24(39,40)26(43,44)28(47,48)30(51,52)32(56,57)58;1-13-7-9-17(22-13)19-15(3)16(11-12-21-25(4,5)6)20(24-19)18-10-8-14(2)23-18/h7-10H,3-6,11-12H2,1-2H3;7-10H,11-12H2,1-6H3. The number of hydrogen-bond donors (Lipinski definition) is 0. The van der Waals surface area contributed by atoms with E-state index in [1.165, 1.54) is 78.5 Å². The molecule has 34 heteroatoms. The second-order valence-electron chi connectivity index (χ2n) is 20.6. The Morgan fingerprint density at radius 1 is 0.326 bits per heavy atom. The van der Waals surface area contributed by atoms with Crippen molar-refractivity contribution in [3.63, 3.8) is 0 Å². The Balaban J connectivity index is 0.000000444. The van der Waals surface area contributed by atoms with Crippen LogP contribution in [0.25, 0.3) is 39.0 Å². The van der Waals surface area contributed by atoms with Gasteiger partial charge >= 0.3 is 71.6 Å². The zero-order valence-electron chi connectivity index (χ0n) is 45.5. The van der Waals surface area contributed by atoms with Gasteiger partial charge in [-0.1, -0.05) is 0 Å². The highest BCUT2D eigenvalue weighted by molar-refractivity contribution is 7.27. The van der Waals surface area contributed by atoms with Crippen LogP contribution in [0.4, 0.5) is 114 Å². The zero-order chi connectivity index (χ0) is 66.0. The monoisotopic (exact) mass is 1400 g/mol. The Hall–Kier alpha value is -3.44. The number of rotatable bonds is 24. The van der Waals surface area contributed by atoms with Crippen LogP contribution in [-0.2, 0) is 23.7 Å². The Morgan fingerprint density at radius 2 is 0.593 bits per heavy atom. The van der Waals surface area contributed by atoms with Gasteiger partial charge in [-0.25, -0.2) is 0 Å². The lowest BCUT2D eigenvalue weighted by atomic mass is 9.89. The SMILES string of the molecule is Cc1ccc(-c2sc(-c3ccc(C)s3)c(CCCC(F)(F)C(F)(F)C(F)(F)C(F)(F)C(F)(F)C(F)(F)F)c2CCCC(F)(F)C(F)(F)C(F)(F)C(F)(F)C(F)(F)C(F)(F)F)s1.Cc1ccc(-c2sc(-c3ccc(C)s3)c(CCO[Si](C)(C)C)c2C)s1. The minimum absolute atomic E-state index is 0.0975. The van der Waals surface area contributed by atoms with Crippen molar-refractivity contribution in [3.8, 4) is 39.0 Å². The molecule has 0 amide bonds. The number of hydrogen-bond acceptors (Lipinski definition) is 7. The van der Waals surface area contributed by atoms with E-state index >= 15 is 0 Å². The molecule has 0 aliphatic rings. The van der Waals surface area contributed by atoms with Gasteiger partial charge in [-0.05, 0) is 157 Å². The Labute approximate surface area is 499 Å². The summed E-state index contributed by atoms with van der Waals surface area (Å²) >= 11 is 8.06. The van der Waals surface area contributed by atoms with Crippen LogP contribution >= 0.6 is 68.0 Å². The summed E-state index contributed by atoms with van der Waals surface area (Å²) in [4.78, 5) is 9.24. The summed E-state index contributed by atoms with van der Waals surface area (Å²) < 4.78 is 362. The molecule has 0 aliphatic heterocycles. The summed E-state index contributed by atoms with van der Waals surface area (Å²) in [5.74, 6) is -77.2. The fourth-order valence-electron chi connectivity index (χ4n) is 8.29. The van der Waals surface area contributed by atoms with Gasteiger partial charge in [0.05, 0.1) is 0 Å². The maximum absolute atomic E-state index is 14.7. The van der Waals surface area contributed by atoms with Crippen LogP contribution < -0.4 is 0 Å². The van der Waals surface area contributed by atoms with Gasteiger partial charge in [0.15, 0.2) is 8.32 Å². The van der Waals surface area contributed by atoms with Crippen molar-refractivity contribution in [2.24, 2.45) is 0 Å². The second kappa shape index (κ2) is 25.0. The summed E-state index contributed by atoms with van der Waals surface area (Å²) in [7, 11) is -1.47. The molecule has 0 bridgehead atoms. The average molecular weight is 1400 g/mol. The minimum atomic E-state index is -8.21. The molecule has 0 spiro atoms. The first-order valence-electron chi connectivity index (χ1n) is 24.8. The smallest absolute Gasteiger partial charge is 0.417 e.